The number of aliphatic hydroxyl groups is 1. The smallest absolute Gasteiger partial charge is 0.0914 e. The fourth-order valence-electron chi connectivity index (χ4n) is 3.05. The molecule has 1 aromatic carbocycles. The molecule has 3 heteroatoms. The van der Waals surface area contributed by atoms with Gasteiger partial charge < -0.3 is 15.4 Å². The molecular weight excluding hydrogens is 296 g/mol. The zero-order valence-electron chi connectivity index (χ0n) is 14.4. The van der Waals surface area contributed by atoms with Crippen molar-refractivity contribution in [2.24, 2.45) is 5.92 Å². The van der Waals surface area contributed by atoms with E-state index in [1.54, 1.807) is 0 Å². The van der Waals surface area contributed by atoms with Crippen LogP contribution in [0.2, 0.25) is 0 Å². The van der Waals surface area contributed by atoms with Gasteiger partial charge >= 0.3 is 0 Å². The van der Waals surface area contributed by atoms with Crippen molar-refractivity contribution >= 4 is 12.2 Å². The van der Waals surface area contributed by atoms with Crippen molar-refractivity contribution < 1.29 is 5.11 Å². The molecule has 126 valence electrons. The standard InChI is InChI=1S/C21H26N2O/c1-15-6-8-19-18(13-23-20(19)9-7-15)10-11-22-14-21(24)17-5-3-4-16(2)12-17/h3-9,12-13,15,21-24H,10-11,14H2,1-2H3. The monoisotopic (exact) mass is 322 g/mol. The number of aliphatic hydroxyl groups excluding tert-OH is 1. The molecule has 0 spiro atoms. The number of benzene rings is 1. The Hall–Kier alpha value is -2.10. The molecule has 3 N–H and O–H groups in total. The van der Waals surface area contributed by atoms with Crippen LogP contribution in [0.3, 0.4) is 0 Å². The molecule has 0 saturated carbocycles. The Balaban J connectivity index is 1.52. The van der Waals surface area contributed by atoms with Gasteiger partial charge in [-0.3, -0.25) is 0 Å². The summed E-state index contributed by atoms with van der Waals surface area (Å²) < 4.78 is 0. The number of fused-ring (bicyclic) bond motifs is 1. The van der Waals surface area contributed by atoms with Gasteiger partial charge in [0.1, 0.15) is 0 Å². The van der Waals surface area contributed by atoms with Crippen molar-refractivity contribution in [2.45, 2.75) is 26.4 Å². The van der Waals surface area contributed by atoms with Crippen molar-refractivity contribution in [1.29, 1.82) is 0 Å². The van der Waals surface area contributed by atoms with Gasteiger partial charge in [0.2, 0.25) is 0 Å². The maximum Gasteiger partial charge on any atom is 0.0914 e. The Labute approximate surface area is 144 Å². The number of aromatic nitrogens is 1. The zero-order valence-corrected chi connectivity index (χ0v) is 14.4. The molecule has 3 rings (SSSR count). The lowest BCUT2D eigenvalue weighted by molar-refractivity contribution is 0.175. The number of aryl methyl sites for hydroxylation is 1. The molecule has 2 atom stereocenters. The number of allylic oxidation sites excluding steroid dienone is 2. The van der Waals surface area contributed by atoms with Gasteiger partial charge in [-0.2, -0.15) is 0 Å². The predicted molar refractivity (Wildman–Crippen MR) is 101 cm³/mol. The summed E-state index contributed by atoms with van der Waals surface area (Å²) in [5, 5.41) is 13.6. The third-order valence-corrected chi connectivity index (χ3v) is 4.51. The minimum absolute atomic E-state index is 0.461. The van der Waals surface area contributed by atoms with Crippen LogP contribution in [0.25, 0.3) is 12.2 Å². The highest BCUT2D eigenvalue weighted by Gasteiger charge is 2.10. The Kier molecular flexibility index (Phi) is 5.34. The van der Waals surface area contributed by atoms with Crippen LogP contribution in [-0.4, -0.2) is 23.2 Å². The van der Waals surface area contributed by atoms with E-state index >= 15 is 0 Å². The second-order valence-corrected chi connectivity index (χ2v) is 6.60. The number of hydrogen-bond donors (Lipinski definition) is 3. The molecule has 24 heavy (non-hydrogen) atoms. The summed E-state index contributed by atoms with van der Waals surface area (Å²) in [6.07, 6.45) is 11.4. The number of rotatable bonds is 6. The molecule has 1 aliphatic rings. The Morgan fingerprint density at radius 2 is 2.08 bits per heavy atom. The van der Waals surface area contributed by atoms with Crippen LogP contribution < -0.4 is 5.32 Å². The number of nitrogens with one attached hydrogen (secondary N) is 2. The van der Waals surface area contributed by atoms with Crippen LogP contribution >= 0.6 is 0 Å². The first kappa shape index (κ1) is 16.7. The second kappa shape index (κ2) is 7.65. The normalized spacial score (nSPS) is 17.5. The van der Waals surface area contributed by atoms with Gasteiger partial charge in [-0.05, 0) is 43.0 Å². The molecule has 0 amide bonds. The van der Waals surface area contributed by atoms with Gasteiger partial charge in [0.25, 0.3) is 0 Å². The van der Waals surface area contributed by atoms with E-state index in [0.717, 1.165) is 18.5 Å². The van der Waals surface area contributed by atoms with E-state index in [-0.39, 0.29) is 0 Å². The second-order valence-electron chi connectivity index (χ2n) is 6.60. The minimum atomic E-state index is -0.461. The first-order valence-electron chi connectivity index (χ1n) is 8.65. The molecule has 0 bridgehead atoms. The van der Waals surface area contributed by atoms with E-state index in [1.807, 2.05) is 31.2 Å². The highest BCUT2D eigenvalue weighted by atomic mass is 16.3. The van der Waals surface area contributed by atoms with Crippen molar-refractivity contribution in [2.75, 3.05) is 13.1 Å². The maximum atomic E-state index is 10.3. The topological polar surface area (TPSA) is 48.0 Å². The molecule has 0 saturated heterocycles. The SMILES string of the molecule is Cc1cccc(C(O)CNCCc2c[nH]c3c2C=CC(C)C=C3)c1. The summed E-state index contributed by atoms with van der Waals surface area (Å²) in [6, 6.07) is 8.05. The van der Waals surface area contributed by atoms with Gasteiger partial charge in [-0.1, -0.05) is 55.0 Å². The lowest BCUT2D eigenvalue weighted by Crippen LogP contribution is -2.23. The largest absolute Gasteiger partial charge is 0.387 e. The number of hydrogen-bond acceptors (Lipinski definition) is 2. The Morgan fingerprint density at radius 1 is 1.25 bits per heavy atom. The van der Waals surface area contributed by atoms with E-state index in [4.69, 9.17) is 0 Å². The highest BCUT2D eigenvalue weighted by Crippen LogP contribution is 2.23. The zero-order chi connectivity index (χ0) is 16.9. The van der Waals surface area contributed by atoms with Crippen LogP contribution in [0, 0.1) is 12.8 Å². The van der Waals surface area contributed by atoms with Crippen LogP contribution in [0.1, 0.15) is 41.0 Å². The molecule has 1 aromatic heterocycles. The molecular formula is C21H26N2O. The van der Waals surface area contributed by atoms with E-state index in [0.29, 0.717) is 12.5 Å². The molecule has 3 nitrogen and oxygen atoms in total. The third-order valence-electron chi connectivity index (χ3n) is 4.51. The average molecular weight is 322 g/mol. The Bertz CT molecular complexity index is 742. The van der Waals surface area contributed by atoms with Crippen molar-refractivity contribution in [3.63, 3.8) is 0 Å². The maximum absolute atomic E-state index is 10.3. The minimum Gasteiger partial charge on any atom is -0.387 e. The van der Waals surface area contributed by atoms with Gasteiger partial charge in [0.15, 0.2) is 0 Å². The number of aromatic amines is 1. The summed E-state index contributed by atoms with van der Waals surface area (Å²) in [6.45, 7) is 5.65. The molecule has 2 aromatic rings. The highest BCUT2D eigenvalue weighted by molar-refractivity contribution is 5.68. The summed E-state index contributed by atoms with van der Waals surface area (Å²) >= 11 is 0. The van der Waals surface area contributed by atoms with Crippen molar-refractivity contribution in [1.82, 2.24) is 10.3 Å². The lowest BCUT2D eigenvalue weighted by atomic mass is 10.1. The van der Waals surface area contributed by atoms with Crippen LogP contribution in [0.15, 0.2) is 42.6 Å². The lowest BCUT2D eigenvalue weighted by Gasteiger charge is -2.13. The molecule has 1 heterocycles. The average Bonchev–Trinajstić information content (AvgIpc) is 2.86. The van der Waals surface area contributed by atoms with Crippen molar-refractivity contribution in [3.05, 3.63) is 70.6 Å². The van der Waals surface area contributed by atoms with E-state index < -0.39 is 6.10 Å². The Morgan fingerprint density at radius 3 is 2.92 bits per heavy atom. The van der Waals surface area contributed by atoms with Gasteiger partial charge in [-0.25, -0.2) is 0 Å². The van der Waals surface area contributed by atoms with E-state index in [1.165, 1.54) is 22.4 Å². The first-order valence-corrected chi connectivity index (χ1v) is 8.65. The molecule has 0 radical (unpaired) electrons. The van der Waals surface area contributed by atoms with E-state index in [2.05, 4.69) is 47.7 Å². The van der Waals surface area contributed by atoms with Crippen LogP contribution in [0.4, 0.5) is 0 Å². The fraction of sp³-hybridized carbons (Fsp3) is 0.333. The fourth-order valence-corrected chi connectivity index (χ4v) is 3.05. The predicted octanol–water partition coefficient (Wildman–Crippen LogP) is 3.86. The quantitative estimate of drug-likeness (QED) is 0.707. The summed E-state index contributed by atoms with van der Waals surface area (Å²) in [5.74, 6) is 0.473. The van der Waals surface area contributed by atoms with Crippen LogP contribution in [0.5, 0.6) is 0 Å². The summed E-state index contributed by atoms with van der Waals surface area (Å²) in [7, 11) is 0. The molecule has 0 fully saturated rings. The molecule has 0 aliphatic heterocycles. The van der Waals surface area contributed by atoms with Gasteiger partial charge in [0.05, 0.1) is 6.10 Å². The van der Waals surface area contributed by atoms with E-state index in [9.17, 15) is 5.11 Å². The van der Waals surface area contributed by atoms with Gasteiger partial charge in [0, 0.05) is 24.0 Å². The molecule has 2 unspecified atom stereocenters. The third kappa shape index (κ3) is 4.05. The summed E-state index contributed by atoms with van der Waals surface area (Å²) in [4.78, 5) is 3.35. The summed E-state index contributed by atoms with van der Waals surface area (Å²) in [5.41, 5.74) is 5.94. The molecule has 1 aliphatic carbocycles. The number of H-pyrrole nitrogens is 1. The van der Waals surface area contributed by atoms with Crippen molar-refractivity contribution in [3.8, 4) is 0 Å². The van der Waals surface area contributed by atoms with Crippen LogP contribution in [-0.2, 0) is 6.42 Å². The van der Waals surface area contributed by atoms with Gasteiger partial charge in [-0.15, -0.1) is 0 Å². The first-order chi connectivity index (χ1) is 11.6.